The quantitative estimate of drug-likeness (QED) is 0.105. The van der Waals surface area contributed by atoms with Gasteiger partial charge in [0, 0.05) is 31.0 Å². The number of carbonyl (C=O) groups is 3. The van der Waals surface area contributed by atoms with Crippen LogP contribution in [-0.4, -0.2) is 83.9 Å². The number of nitrogens with two attached hydrogens (primary N) is 2. The summed E-state index contributed by atoms with van der Waals surface area (Å²) in [6.07, 6.45) is 0.829. The molecule has 2 aromatic rings. The first-order valence-corrected chi connectivity index (χ1v) is 12.7. The number of carboxylic acid groups (broad SMARTS) is 1. The molecule has 0 unspecified atom stereocenters. The molecule has 0 aliphatic carbocycles. The molecule has 6 N–H and O–H groups in total. The Morgan fingerprint density at radius 3 is 2.61 bits per heavy atom. The van der Waals surface area contributed by atoms with E-state index >= 15 is 0 Å². The van der Waals surface area contributed by atoms with Crippen LogP contribution < -0.4 is 11.5 Å². The number of rotatable bonds is 12. The van der Waals surface area contributed by atoms with Crippen molar-refractivity contribution in [1.82, 2.24) is 24.3 Å². The van der Waals surface area contributed by atoms with E-state index in [-0.39, 0.29) is 28.1 Å². The van der Waals surface area contributed by atoms with E-state index in [9.17, 15) is 32.5 Å². The lowest BCUT2D eigenvalue weighted by atomic mass is 9.82. The first-order chi connectivity index (χ1) is 16.7. The predicted octanol–water partition coefficient (Wildman–Crippen LogP) is -1.31. The largest absolute Gasteiger partial charge is 0.478 e. The lowest BCUT2D eigenvalue weighted by Gasteiger charge is -2.43. The molecule has 3 rings (SSSR count). The zero-order chi connectivity index (χ0) is 26.8. The van der Waals surface area contributed by atoms with Crippen molar-refractivity contribution in [2.24, 2.45) is 16.8 Å². The molecule has 3 heterocycles. The molecule has 196 valence electrons. The molecule has 1 aliphatic heterocycles. The molecule has 1 fully saturated rings. The van der Waals surface area contributed by atoms with Gasteiger partial charge in [0.25, 0.3) is 0 Å². The van der Waals surface area contributed by atoms with Gasteiger partial charge in [-0.25, -0.2) is 14.1 Å². The first kappa shape index (κ1) is 27.1. The number of amides is 1. The van der Waals surface area contributed by atoms with Gasteiger partial charge in [-0.3, -0.25) is 18.8 Å². The molecule has 0 saturated carbocycles. The summed E-state index contributed by atoms with van der Waals surface area (Å²) >= 11 is 0.989. The maximum Gasteiger partial charge on any atom is 0.362 e. The Labute approximate surface area is 208 Å². The fraction of sp³-hybridized carbons (Fsp3) is 0.500. The monoisotopic (exact) mass is 544 g/mol. The molecule has 1 aliphatic rings. The van der Waals surface area contributed by atoms with Crippen LogP contribution in [0.5, 0.6) is 0 Å². The molecule has 18 heteroatoms. The SMILES string of the molecule is CC(C)(O/N=C(\C(=O)C[C@@H]1C(=O)N(S(=O)(=O)O)[C@@H]1Cc1cn(CCN)nn1)c1csc(N)n1)C(=O)O. The number of oxime groups is 1. The number of nitrogens with zero attached hydrogens (tertiary/aromatic N) is 6. The van der Waals surface area contributed by atoms with E-state index in [4.69, 9.17) is 16.3 Å². The van der Waals surface area contributed by atoms with Crippen LogP contribution in [0.15, 0.2) is 16.7 Å². The number of thiazole rings is 1. The summed E-state index contributed by atoms with van der Waals surface area (Å²) in [7, 11) is -4.91. The van der Waals surface area contributed by atoms with E-state index in [1.807, 2.05) is 0 Å². The van der Waals surface area contributed by atoms with E-state index in [0.29, 0.717) is 12.2 Å². The van der Waals surface area contributed by atoms with Crippen LogP contribution in [0.4, 0.5) is 5.13 Å². The molecule has 16 nitrogen and oxygen atoms in total. The fourth-order valence-electron chi connectivity index (χ4n) is 3.33. The predicted molar refractivity (Wildman–Crippen MR) is 124 cm³/mol. The summed E-state index contributed by atoms with van der Waals surface area (Å²) in [5, 5.41) is 22.2. The molecule has 0 radical (unpaired) electrons. The van der Waals surface area contributed by atoms with Gasteiger partial charge in [0.2, 0.25) is 11.5 Å². The average molecular weight is 545 g/mol. The number of nitrogen functional groups attached to an aromatic ring is 1. The normalized spacial score (nSPS) is 18.7. The highest BCUT2D eigenvalue weighted by molar-refractivity contribution is 7.84. The molecule has 0 spiro atoms. The van der Waals surface area contributed by atoms with E-state index in [2.05, 4.69) is 20.5 Å². The number of ketones is 1. The first-order valence-electron chi connectivity index (χ1n) is 10.4. The number of carbonyl (C=O) groups excluding carboxylic acids is 2. The van der Waals surface area contributed by atoms with Gasteiger partial charge in [-0.15, -0.1) is 16.4 Å². The summed E-state index contributed by atoms with van der Waals surface area (Å²) in [6.45, 7) is 3.06. The minimum absolute atomic E-state index is 0.0108. The second kappa shape index (κ2) is 10.2. The van der Waals surface area contributed by atoms with Crippen LogP contribution in [0, 0.1) is 5.92 Å². The Morgan fingerprint density at radius 2 is 2.06 bits per heavy atom. The number of carboxylic acids is 1. The maximum atomic E-state index is 13.2. The van der Waals surface area contributed by atoms with Crippen molar-refractivity contribution in [3.05, 3.63) is 23.0 Å². The standard InChI is InChI=1S/C18H24N8O8S2/c1-18(2,16(29)30)34-23-14(11-8-35-17(20)21-11)13(27)6-10-12(26(15(10)28)36(31,32)33)5-9-7-25(4-3-19)24-22-9/h7-8,10,12H,3-6,19H2,1-2H3,(H2,20,21)(H,29,30)(H,31,32,33)/b23-14-/t10-,12+/m0/s1. The summed E-state index contributed by atoms with van der Waals surface area (Å²) in [5.74, 6) is -4.31. The van der Waals surface area contributed by atoms with E-state index in [1.165, 1.54) is 30.1 Å². The highest BCUT2D eigenvalue weighted by Gasteiger charge is 2.54. The molecular weight excluding hydrogens is 520 g/mol. The van der Waals surface area contributed by atoms with Crippen molar-refractivity contribution in [2.45, 2.75) is 44.9 Å². The maximum absolute atomic E-state index is 13.2. The summed E-state index contributed by atoms with van der Waals surface area (Å²) < 4.78 is 34.8. The van der Waals surface area contributed by atoms with Crippen molar-refractivity contribution in [2.75, 3.05) is 12.3 Å². The number of anilines is 1. The number of aromatic nitrogens is 4. The third-order valence-corrected chi connectivity index (χ3v) is 6.85. The minimum atomic E-state index is -4.91. The lowest BCUT2D eigenvalue weighted by Crippen LogP contribution is -2.64. The van der Waals surface area contributed by atoms with Gasteiger partial charge < -0.3 is 21.4 Å². The van der Waals surface area contributed by atoms with Gasteiger partial charge in [0.15, 0.2) is 16.6 Å². The molecular formula is C18H24N8O8S2. The Hall–Kier alpha value is -3.48. The number of hydrogen-bond donors (Lipinski definition) is 4. The third-order valence-electron chi connectivity index (χ3n) is 5.23. The Kier molecular flexibility index (Phi) is 7.72. The Morgan fingerprint density at radius 1 is 1.36 bits per heavy atom. The van der Waals surface area contributed by atoms with Crippen LogP contribution in [0.1, 0.15) is 31.7 Å². The molecule has 0 bridgehead atoms. The smallest absolute Gasteiger partial charge is 0.362 e. The van der Waals surface area contributed by atoms with Gasteiger partial charge in [-0.2, -0.15) is 8.42 Å². The Bertz CT molecular complexity index is 1300. The van der Waals surface area contributed by atoms with Crippen LogP contribution in [0.2, 0.25) is 0 Å². The Balaban J connectivity index is 1.88. The average Bonchev–Trinajstić information content (AvgIpc) is 3.39. The van der Waals surface area contributed by atoms with Crippen LogP contribution >= 0.6 is 11.3 Å². The number of β-lactam (4-membered cyclic amide) rings is 1. The van der Waals surface area contributed by atoms with Crippen molar-refractivity contribution < 1.29 is 37.3 Å². The van der Waals surface area contributed by atoms with Gasteiger partial charge in [-0.1, -0.05) is 10.4 Å². The summed E-state index contributed by atoms with van der Waals surface area (Å²) in [5.41, 5.74) is 9.21. The molecule has 36 heavy (non-hydrogen) atoms. The topological polar surface area (TPSA) is 246 Å². The number of Topliss-reactive ketones (excluding diaryl/α,β-unsaturated/α-hetero) is 1. The number of aliphatic carboxylic acids is 1. The van der Waals surface area contributed by atoms with Crippen molar-refractivity contribution >= 4 is 50.1 Å². The summed E-state index contributed by atoms with van der Waals surface area (Å²) in [6, 6.07) is -1.14. The molecule has 1 saturated heterocycles. The van der Waals surface area contributed by atoms with E-state index in [1.54, 1.807) is 0 Å². The second-order valence-electron chi connectivity index (χ2n) is 8.30. The van der Waals surface area contributed by atoms with E-state index < -0.39 is 57.7 Å². The van der Waals surface area contributed by atoms with Crippen LogP contribution in [0.25, 0.3) is 0 Å². The third kappa shape index (κ3) is 5.83. The van der Waals surface area contributed by atoms with Crippen LogP contribution in [0.3, 0.4) is 0 Å². The zero-order valence-electron chi connectivity index (χ0n) is 19.1. The second-order valence-corrected chi connectivity index (χ2v) is 10.5. The van der Waals surface area contributed by atoms with Crippen molar-refractivity contribution in [3.8, 4) is 0 Å². The van der Waals surface area contributed by atoms with Gasteiger partial charge in [-0.05, 0) is 13.8 Å². The molecule has 2 aromatic heterocycles. The molecule has 0 aromatic carbocycles. The highest BCUT2D eigenvalue weighted by Crippen LogP contribution is 2.34. The lowest BCUT2D eigenvalue weighted by molar-refractivity contribution is -0.161. The molecule has 1 amide bonds. The van der Waals surface area contributed by atoms with E-state index in [0.717, 1.165) is 11.3 Å². The minimum Gasteiger partial charge on any atom is -0.478 e. The van der Waals surface area contributed by atoms with Crippen molar-refractivity contribution in [1.29, 1.82) is 0 Å². The zero-order valence-corrected chi connectivity index (χ0v) is 20.8. The van der Waals surface area contributed by atoms with Crippen LogP contribution in [-0.2, 0) is 42.5 Å². The van der Waals surface area contributed by atoms with Gasteiger partial charge in [0.05, 0.1) is 24.2 Å². The number of hydrogen-bond acceptors (Lipinski definition) is 13. The highest BCUT2D eigenvalue weighted by atomic mass is 32.2. The fourth-order valence-corrected chi connectivity index (χ4v) is 4.80. The molecule has 2 atom stereocenters. The summed E-state index contributed by atoms with van der Waals surface area (Å²) in [4.78, 5) is 46.1. The van der Waals surface area contributed by atoms with Crippen molar-refractivity contribution in [3.63, 3.8) is 0 Å². The van der Waals surface area contributed by atoms with Gasteiger partial charge >= 0.3 is 16.3 Å². The van der Waals surface area contributed by atoms with Gasteiger partial charge in [0.1, 0.15) is 5.69 Å².